The quantitative estimate of drug-likeness (QED) is 0.575. The Kier molecular flexibility index (Phi) is 6.74. The molecule has 1 atom stereocenters. The Bertz CT molecular complexity index is 389. The Morgan fingerprint density at radius 1 is 1.16 bits per heavy atom. The molecule has 2 N–H and O–H groups in total. The molecule has 2 heterocycles. The molecular formula is C7H21N4P3S5+2. The van der Waals surface area contributed by atoms with Crippen molar-refractivity contribution in [1.29, 1.82) is 0 Å². The third kappa shape index (κ3) is 3.47. The predicted molar refractivity (Wildman–Crippen MR) is 109 cm³/mol. The van der Waals surface area contributed by atoms with E-state index in [2.05, 4.69) is 57.8 Å². The molecule has 4 nitrogen and oxygen atoms in total. The molecule has 0 aromatic carbocycles. The van der Waals surface area contributed by atoms with Crippen LogP contribution in [0.4, 0.5) is 0 Å². The summed E-state index contributed by atoms with van der Waals surface area (Å²) in [6.07, 6.45) is 8.86. The highest BCUT2D eigenvalue weighted by molar-refractivity contribution is 9.01. The van der Waals surface area contributed by atoms with Gasteiger partial charge in [0.05, 0.1) is 45.5 Å². The van der Waals surface area contributed by atoms with Gasteiger partial charge in [0.1, 0.15) is 0 Å². The van der Waals surface area contributed by atoms with Crippen molar-refractivity contribution in [3.05, 3.63) is 0 Å². The molecule has 112 valence electrons. The third-order valence-electron chi connectivity index (χ3n) is 2.92. The first-order valence-corrected chi connectivity index (χ1v) is 19.7. The van der Waals surface area contributed by atoms with E-state index in [1.807, 2.05) is 45.5 Å². The maximum absolute atomic E-state index is 5.37. The number of nitrogens with zero attached hydrogens (tertiary/aromatic N) is 2. The van der Waals surface area contributed by atoms with Gasteiger partial charge in [0.25, 0.3) is 0 Å². The van der Waals surface area contributed by atoms with E-state index in [4.69, 9.17) is 4.52 Å². The Hall–Kier alpha value is 2.72. The van der Waals surface area contributed by atoms with Gasteiger partial charge in [-0.3, -0.25) is 0 Å². The Labute approximate surface area is 138 Å². The summed E-state index contributed by atoms with van der Waals surface area (Å²) in [6, 6.07) is 0. The first kappa shape index (κ1) is 18.1. The number of rotatable bonds is 4. The van der Waals surface area contributed by atoms with Crippen LogP contribution in [0.3, 0.4) is 0 Å². The minimum atomic E-state index is -1.56. The highest BCUT2D eigenvalue weighted by atomic mass is 33.1. The van der Waals surface area contributed by atoms with Gasteiger partial charge in [0.2, 0.25) is 6.56 Å². The molecule has 1 unspecified atom stereocenters. The van der Waals surface area contributed by atoms with E-state index in [0.29, 0.717) is 0 Å². The topological polar surface area (TPSA) is 39.7 Å². The van der Waals surface area contributed by atoms with Crippen LogP contribution in [0.1, 0.15) is 0 Å². The van der Waals surface area contributed by atoms with Crippen molar-refractivity contribution in [2.45, 2.75) is 0 Å². The standard InChI is InChI=1S/C7H21N4P3S5/c1-11-6-7-19-12(11)8-13(15-2,16-3)10-14(9-12,17-4)18-5/h8,10H,6-7H2,1-5H3/q+2. The average Bonchev–Trinajstić information content (AvgIpc) is 2.78. The van der Waals surface area contributed by atoms with Gasteiger partial charge in [0, 0.05) is 42.2 Å². The molecule has 0 aromatic heterocycles. The molecule has 0 aliphatic carbocycles. The zero-order valence-corrected chi connectivity index (χ0v) is 18.5. The van der Waals surface area contributed by atoms with Crippen molar-refractivity contribution in [3.63, 3.8) is 0 Å². The summed E-state index contributed by atoms with van der Waals surface area (Å²) >= 11 is 9.87. The molecular weight excluding hydrogens is 393 g/mol. The number of hydrogen-bond acceptors (Lipinski definition) is 9. The SMILES string of the molecule is CS[P+]1(SC)N=P2(N[P+](SC)(SC)N1)SCCN2C. The number of hydrogen-bond donors (Lipinski definition) is 2. The molecule has 0 saturated carbocycles. The molecule has 0 bridgehead atoms. The van der Waals surface area contributed by atoms with Crippen LogP contribution < -0.4 is 9.72 Å². The maximum Gasteiger partial charge on any atom is 0.357 e. The summed E-state index contributed by atoms with van der Waals surface area (Å²) in [4.78, 5) is 7.91. The van der Waals surface area contributed by atoms with Gasteiger partial charge in [-0.25, -0.2) is 4.67 Å². The summed E-state index contributed by atoms with van der Waals surface area (Å²) in [5.74, 6) is -1.74. The smallest absolute Gasteiger partial charge is 0.247 e. The molecule has 2 aliphatic rings. The normalized spacial score (nSPS) is 33.5. The van der Waals surface area contributed by atoms with Gasteiger partial charge in [-0.1, -0.05) is 20.8 Å². The van der Waals surface area contributed by atoms with Crippen LogP contribution in [0.5, 0.6) is 0 Å². The molecule has 0 amide bonds. The second kappa shape index (κ2) is 7.09. The van der Waals surface area contributed by atoms with E-state index in [-0.39, 0.29) is 0 Å². The van der Waals surface area contributed by atoms with E-state index in [9.17, 15) is 0 Å². The molecule has 2 aliphatic heterocycles. The molecule has 0 aromatic rings. The van der Waals surface area contributed by atoms with E-state index in [1.165, 1.54) is 5.75 Å². The van der Waals surface area contributed by atoms with E-state index in [1.54, 1.807) is 0 Å². The molecule has 12 heteroatoms. The van der Waals surface area contributed by atoms with Crippen molar-refractivity contribution in [2.75, 3.05) is 44.4 Å². The lowest BCUT2D eigenvalue weighted by Gasteiger charge is -2.35. The molecule has 2 rings (SSSR count). The highest BCUT2D eigenvalue weighted by Crippen LogP contribution is 2.96. The van der Waals surface area contributed by atoms with Crippen molar-refractivity contribution in [3.8, 4) is 0 Å². The molecule has 1 fully saturated rings. The van der Waals surface area contributed by atoms with E-state index < -0.39 is 18.5 Å². The van der Waals surface area contributed by atoms with E-state index >= 15 is 0 Å². The molecule has 0 radical (unpaired) electrons. The monoisotopic (exact) mass is 414 g/mol. The Morgan fingerprint density at radius 2 is 1.79 bits per heavy atom. The first-order chi connectivity index (χ1) is 8.99. The highest BCUT2D eigenvalue weighted by Gasteiger charge is 2.64. The fourth-order valence-corrected chi connectivity index (χ4v) is 39.2. The van der Waals surface area contributed by atoms with Gasteiger partial charge in [-0.05, 0) is 7.05 Å². The van der Waals surface area contributed by atoms with Crippen LogP contribution in [0, 0.1) is 0 Å². The lowest BCUT2D eigenvalue weighted by Crippen LogP contribution is -2.27. The third-order valence-corrected chi connectivity index (χ3v) is 33.9. The van der Waals surface area contributed by atoms with Crippen LogP contribution >= 0.6 is 75.4 Å². The molecule has 1 saturated heterocycles. The lowest BCUT2D eigenvalue weighted by molar-refractivity contribution is 0.596. The zero-order valence-electron chi connectivity index (χ0n) is 11.7. The van der Waals surface area contributed by atoms with Crippen molar-refractivity contribution in [1.82, 2.24) is 14.4 Å². The first-order valence-electron chi connectivity index (χ1n) is 5.59. The maximum atomic E-state index is 5.37. The van der Waals surface area contributed by atoms with Crippen LogP contribution in [0.2, 0.25) is 0 Å². The van der Waals surface area contributed by atoms with Gasteiger partial charge in [0.15, 0.2) is 0 Å². The van der Waals surface area contributed by atoms with Crippen molar-refractivity contribution >= 4 is 75.4 Å². The Morgan fingerprint density at radius 3 is 2.21 bits per heavy atom. The minimum Gasteiger partial charge on any atom is -0.247 e. The van der Waals surface area contributed by atoms with Gasteiger partial charge >= 0.3 is 11.9 Å². The van der Waals surface area contributed by atoms with Crippen LogP contribution in [-0.2, 0) is 0 Å². The average molecular weight is 415 g/mol. The molecule has 1 spiro atoms. The largest absolute Gasteiger partial charge is 0.357 e. The van der Waals surface area contributed by atoms with Crippen LogP contribution in [-0.4, -0.2) is 49.0 Å². The summed E-state index contributed by atoms with van der Waals surface area (Å²) in [6.45, 7) is -0.410. The summed E-state index contributed by atoms with van der Waals surface area (Å²) in [5.41, 5.74) is 0. The fourth-order valence-electron chi connectivity index (χ4n) is 1.76. The minimum absolute atomic E-state index is 1.15. The van der Waals surface area contributed by atoms with Gasteiger partial charge in [-0.15, -0.1) is 0 Å². The molecule has 19 heavy (non-hydrogen) atoms. The summed E-state index contributed by atoms with van der Waals surface area (Å²) in [7, 11) is 2.24. The van der Waals surface area contributed by atoms with Crippen LogP contribution in [0.25, 0.3) is 0 Å². The van der Waals surface area contributed by atoms with E-state index in [0.717, 1.165) is 6.54 Å². The summed E-state index contributed by atoms with van der Waals surface area (Å²) in [5, 5.41) is 0. The van der Waals surface area contributed by atoms with Gasteiger partial charge in [-0.2, -0.15) is 0 Å². The number of nitrogens with one attached hydrogen (secondary N) is 2. The van der Waals surface area contributed by atoms with Crippen LogP contribution in [0.15, 0.2) is 4.52 Å². The van der Waals surface area contributed by atoms with Crippen molar-refractivity contribution in [2.24, 2.45) is 4.52 Å². The second-order valence-corrected chi connectivity index (χ2v) is 26.7. The lowest BCUT2D eigenvalue weighted by atomic mass is 10.8. The Balaban J connectivity index is 2.50. The van der Waals surface area contributed by atoms with Crippen molar-refractivity contribution < 1.29 is 0 Å². The summed E-state index contributed by atoms with van der Waals surface area (Å²) < 4.78 is 7.86. The predicted octanol–water partition coefficient (Wildman–Crippen LogP) is 5.61. The zero-order chi connectivity index (χ0) is 14.1. The van der Waals surface area contributed by atoms with Gasteiger partial charge < -0.3 is 0 Å². The second-order valence-electron chi connectivity index (χ2n) is 3.85. The fraction of sp³-hybridized carbons (Fsp3) is 1.00.